The van der Waals surface area contributed by atoms with Gasteiger partial charge in [-0.2, -0.15) is 0 Å². The van der Waals surface area contributed by atoms with Crippen LogP contribution in [0.3, 0.4) is 0 Å². The van der Waals surface area contributed by atoms with Crippen molar-refractivity contribution < 1.29 is 18.3 Å². The van der Waals surface area contributed by atoms with Crippen LogP contribution in [0.4, 0.5) is 8.78 Å². The van der Waals surface area contributed by atoms with Crippen molar-refractivity contribution in [1.29, 1.82) is 0 Å². The molecule has 1 N–H and O–H groups in total. The van der Waals surface area contributed by atoms with Gasteiger partial charge in [0.25, 0.3) is 5.56 Å². The van der Waals surface area contributed by atoms with Crippen molar-refractivity contribution in [2.24, 2.45) is 0 Å². The summed E-state index contributed by atoms with van der Waals surface area (Å²) in [4.78, 5) is 27.6. The van der Waals surface area contributed by atoms with E-state index >= 15 is 0 Å². The lowest BCUT2D eigenvalue weighted by Gasteiger charge is -2.23. The summed E-state index contributed by atoms with van der Waals surface area (Å²) in [5.41, 5.74) is 0.489. The predicted octanol–water partition coefficient (Wildman–Crippen LogP) is 4.47. The van der Waals surface area contributed by atoms with Crippen LogP contribution in [0, 0.1) is 18.6 Å². The molecule has 3 aromatic carbocycles. The summed E-state index contributed by atoms with van der Waals surface area (Å²) in [6.07, 6.45) is 0. The number of ether oxygens (including phenoxy) is 2. The third-order valence-corrected chi connectivity index (χ3v) is 6.81. The van der Waals surface area contributed by atoms with Crippen LogP contribution in [0.15, 0.2) is 76.3 Å². The van der Waals surface area contributed by atoms with Crippen LogP contribution in [0.1, 0.15) is 22.9 Å². The third-order valence-electron chi connectivity index (χ3n) is 6.81. The number of hydrogen-bond donors (Lipinski definition) is 1. The smallest absolute Gasteiger partial charge is 0.331 e. The minimum atomic E-state index is -0.771. The number of benzene rings is 3. The Morgan fingerprint density at radius 3 is 2.23 bits per heavy atom. The molecule has 4 aromatic rings. The SMILES string of the molecule is CN[C@@H](Cn1c(=O)c(-c2ccc3c(c2)OCCO3)c(C)n(Cc2c(F)cccc2F)c1=O)c1ccccc1.Cl. The van der Waals surface area contributed by atoms with E-state index in [1.807, 2.05) is 30.3 Å². The van der Waals surface area contributed by atoms with Gasteiger partial charge in [-0.3, -0.25) is 13.9 Å². The van der Waals surface area contributed by atoms with E-state index in [4.69, 9.17) is 9.47 Å². The second-order valence-corrected chi connectivity index (χ2v) is 9.06. The molecule has 0 amide bonds. The molecule has 1 aliphatic heterocycles. The molecule has 0 radical (unpaired) electrons. The van der Waals surface area contributed by atoms with Crippen LogP contribution in [0.5, 0.6) is 11.5 Å². The van der Waals surface area contributed by atoms with Crippen LogP contribution in [-0.2, 0) is 13.1 Å². The number of rotatable bonds is 7. The highest BCUT2D eigenvalue weighted by atomic mass is 35.5. The van der Waals surface area contributed by atoms with Crippen molar-refractivity contribution in [2.45, 2.75) is 26.1 Å². The van der Waals surface area contributed by atoms with Gasteiger partial charge < -0.3 is 14.8 Å². The summed E-state index contributed by atoms with van der Waals surface area (Å²) in [5, 5.41) is 3.16. The minimum absolute atomic E-state index is 0. The lowest BCUT2D eigenvalue weighted by molar-refractivity contribution is 0.171. The molecule has 5 rings (SSSR count). The van der Waals surface area contributed by atoms with Gasteiger partial charge in [-0.25, -0.2) is 13.6 Å². The van der Waals surface area contributed by atoms with Crippen molar-refractivity contribution in [1.82, 2.24) is 14.5 Å². The van der Waals surface area contributed by atoms with Gasteiger partial charge in [0.15, 0.2) is 11.5 Å². The number of hydrogen-bond acceptors (Lipinski definition) is 5. The molecule has 1 atom stereocenters. The first-order valence-corrected chi connectivity index (χ1v) is 12.3. The summed E-state index contributed by atoms with van der Waals surface area (Å²) >= 11 is 0. The average Bonchev–Trinajstić information content (AvgIpc) is 2.93. The minimum Gasteiger partial charge on any atom is -0.486 e. The summed E-state index contributed by atoms with van der Waals surface area (Å²) < 4.78 is 42.9. The molecule has 0 fully saturated rings. The number of likely N-dealkylation sites (N-methyl/N-ethyl adjacent to an activating group) is 1. The molecule has 2 heterocycles. The van der Waals surface area contributed by atoms with Gasteiger partial charge in [0, 0.05) is 11.3 Å². The van der Waals surface area contributed by atoms with Gasteiger partial charge in [-0.15, -0.1) is 12.4 Å². The van der Waals surface area contributed by atoms with E-state index in [9.17, 15) is 18.4 Å². The molecule has 0 saturated heterocycles. The Morgan fingerprint density at radius 1 is 0.897 bits per heavy atom. The van der Waals surface area contributed by atoms with Crippen LogP contribution in [0.2, 0.25) is 0 Å². The largest absolute Gasteiger partial charge is 0.486 e. The molecule has 39 heavy (non-hydrogen) atoms. The van der Waals surface area contributed by atoms with Gasteiger partial charge in [-0.05, 0) is 49.4 Å². The number of aromatic nitrogens is 2. The van der Waals surface area contributed by atoms with Gasteiger partial charge in [0.1, 0.15) is 24.8 Å². The highest BCUT2D eigenvalue weighted by Gasteiger charge is 2.23. The van der Waals surface area contributed by atoms with E-state index in [0.717, 1.165) is 22.3 Å². The second-order valence-electron chi connectivity index (χ2n) is 9.06. The summed E-state index contributed by atoms with van der Waals surface area (Å²) in [7, 11) is 1.74. The fourth-order valence-corrected chi connectivity index (χ4v) is 4.75. The topological polar surface area (TPSA) is 74.5 Å². The van der Waals surface area contributed by atoms with Crippen LogP contribution < -0.4 is 26.0 Å². The van der Waals surface area contributed by atoms with Crippen LogP contribution in [0.25, 0.3) is 11.1 Å². The van der Waals surface area contributed by atoms with E-state index in [1.54, 1.807) is 32.2 Å². The molecule has 0 spiro atoms. The maximum absolute atomic E-state index is 14.6. The van der Waals surface area contributed by atoms with Gasteiger partial charge in [0.05, 0.1) is 24.7 Å². The Morgan fingerprint density at radius 2 is 1.56 bits per heavy atom. The maximum atomic E-state index is 14.6. The van der Waals surface area contributed by atoms with Gasteiger partial charge in [0.2, 0.25) is 0 Å². The number of nitrogens with zero attached hydrogens (tertiary/aromatic N) is 2. The first-order chi connectivity index (χ1) is 18.4. The lowest BCUT2D eigenvalue weighted by atomic mass is 10.0. The Balaban J connectivity index is 0.00000353. The van der Waals surface area contributed by atoms with Crippen molar-refractivity contribution in [2.75, 3.05) is 20.3 Å². The van der Waals surface area contributed by atoms with Crippen molar-refractivity contribution in [3.05, 3.63) is 116 Å². The van der Waals surface area contributed by atoms with Gasteiger partial charge in [-0.1, -0.05) is 42.5 Å². The molecule has 0 aliphatic carbocycles. The Bertz CT molecular complexity index is 1580. The lowest BCUT2D eigenvalue weighted by Crippen LogP contribution is -2.44. The van der Waals surface area contributed by atoms with Crippen LogP contribution in [-0.4, -0.2) is 29.4 Å². The molecule has 0 unspecified atom stereocenters. The first-order valence-electron chi connectivity index (χ1n) is 12.3. The summed E-state index contributed by atoms with van der Waals surface area (Å²) in [6.45, 7) is 2.02. The quantitative estimate of drug-likeness (QED) is 0.364. The second kappa shape index (κ2) is 11.8. The molecule has 1 aromatic heterocycles. The zero-order valence-corrected chi connectivity index (χ0v) is 22.3. The fourth-order valence-electron chi connectivity index (χ4n) is 4.75. The fraction of sp³-hybridized carbons (Fsp3) is 0.241. The molecule has 0 saturated carbocycles. The maximum Gasteiger partial charge on any atom is 0.331 e. The molecule has 0 bridgehead atoms. The third kappa shape index (κ3) is 5.46. The van der Waals surface area contributed by atoms with E-state index in [0.29, 0.717) is 30.3 Å². The Labute approximate surface area is 230 Å². The van der Waals surface area contributed by atoms with E-state index < -0.39 is 22.9 Å². The molecule has 7 nitrogen and oxygen atoms in total. The molecular formula is C29H28ClF2N3O4. The molecular weight excluding hydrogens is 528 g/mol. The highest BCUT2D eigenvalue weighted by Crippen LogP contribution is 2.34. The highest BCUT2D eigenvalue weighted by molar-refractivity contribution is 5.85. The predicted molar refractivity (Wildman–Crippen MR) is 147 cm³/mol. The molecule has 10 heteroatoms. The summed E-state index contributed by atoms with van der Waals surface area (Å²) in [6, 6.07) is 17.7. The molecule has 1 aliphatic rings. The van der Waals surface area contributed by atoms with Crippen LogP contribution >= 0.6 is 12.4 Å². The van der Waals surface area contributed by atoms with E-state index in [2.05, 4.69) is 5.32 Å². The van der Waals surface area contributed by atoms with Gasteiger partial charge >= 0.3 is 5.69 Å². The standard InChI is InChI=1S/C29H27F2N3O4.ClH/c1-18-27(20-11-12-25-26(15-20)38-14-13-37-25)28(35)34(17-24(32-2)19-7-4-3-5-8-19)29(36)33(18)16-21-22(30)9-6-10-23(21)31;/h3-12,15,24,32H,13-14,16-17H2,1-2H3;1H/t24-;/m0./s1. The number of fused-ring (bicyclic) bond motifs is 1. The van der Waals surface area contributed by atoms with Crippen molar-refractivity contribution in [3.63, 3.8) is 0 Å². The first kappa shape index (κ1) is 28.1. The number of halogens is 3. The zero-order chi connectivity index (χ0) is 26.8. The van der Waals surface area contributed by atoms with E-state index in [-0.39, 0.29) is 48.4 Å². The van der Waals surface area contributed by atoms with Crippen molar-refractivity contribution >= 4 is 12.4 Å². The Kier molecular flexibility index (Phi) is 8.52. The average molecular weight is 556 g/mol. The molecule has 204 valence electrons. The Hall–Kier alpha value is -3.95. The monoisotopic (exact) mass is 555 g/mol. The normalized spacial score (nSPS) is 13.0. The zero-order valence-electron chi connectivity index (χ0n) is 21.4. The summed E-state index contributed by atoms with van der Waals surface area (Å²) in [5.74, 6) is -0.506. The van der Waals surface area contributed by atoms with Crippen molar-refractivity contribution in [3.8, 4) is 22.6 Å². The van der Waals surface area contributed by atoms with E-state index in [1.165, 1.54) is 10.6 Å². The number of nitrogens with one attached hydrogen (secondary N) is 1.